The van der Waals surface area contributed by atoms with Crippen LogP contribution in [0.2, 0.25) is 0 Å². The topological polar surface area (TPSA) is 78.8 Å². The van der Waals surface area contributed by atoms with E-state index in [4.69, 9.17) is 0 Å². The second-order valence-corrected chi connectivity index (χ2v) is 5.61. The minimum atomic E-state index is -4.15. The molecule has 7 heteroatoms. The van der Waals surface area contributed by atoms with E-state index in [9.17, 15) is 17.9 Å². The van der Waals surface area contributed by atoms with Crippen molar-refractivity contribution >= 4 is 15.7 Å². The van der Waals surface area contributed by atoms with Crippen molar-refractivity contribution in [2.24, 2.45) is 4.40 Å². The van der Waals surface area contributed by atoms with Gasteiger partial charge in [-0.2, -0.15) is 12.8 Å². The summed E-state index contributed by atoms with van der Waals surface area (Å²) >= 11 is 0. The molecule has 1 aliphatic rings. The standard InChI is InChI=1S/C14H12FNO4S/c1-20-14(17)10-6-8-11(9-7-10)16-21(18,19)13-5-3-2-4-12(13)15/h2-9,17H,1H3/p-1. The van der Waals surface area contributed by atoms with E-state index in [1.165, 1.54) is 43.5 Å². The molecule has 2 rings (SSSR count). The normalized spacial score (nSPS) is 14.2. The number of sulfonamides is 1. The molecule has 21 heavy (non-hydrogen) atoms. The fraction of sp³-hybridized carbons (Fsp3) is 0.0714. The van der Waals surface area contributed by atoms with Gasteiger partial charge in [0.15, 0.2) is 0 Å². The number of rotatable bonds is 3. The van der Waals surface area contributed by atoms with Gasteiger partial charge in [-0.1, -0.05) is 24.3 Å². The highest BCUT2D eigenvalue weighted by Crippen LogP contribution is 2.18. The number of halogens is 1. The Morgan fingerprint density at radius 1 is 1.19 bits per heavy atom. The van der Waals surface area contributed by atoms with E-state index in [1.807, 2.05) is 0 Å². The number of nitrogens with zero attached hydrogens (tertiary/aromatic N) is 1. The minimum Gasteiger partial charge on any atom is -0.616 e. The third kappa shape index (κ3) is 3.38. The molecule has 0 aromatic heterocycles. The van der Waals surface area contributed by atoms with E-state index in [-0.39, 0.29) is 11.3 Å². The predicted octanol–water partition coefficient (Wildman–Crippen LogP) is 1.30. The summed E-state index contributed by atoms with van der Waals surface area (Å²) < 4.78 is 45.6. The molecule has 5 nitrogen and oxygen atoms in total. The lowest BCUT2D eigenvalue weighted by atomic mass is 10.1. The average Bonchev–Trinajstić information content (AvgIpc) is 2.47. The first kappa shape index (κ1) is 15.0. The van der Waals surface area contributed by atoms with Crippen molar-refractivity contribution in [3.8, 4) is 0 Å². The van der Waals surface area contributed by atoms with Crippen LogP contribution in [0.3, 0.4) is 0 Å². The van der Waals surface area contributed by atoms with Crippen molar-refractivity contribution in [1.82, 2.24) is 0 Å². The molecule has 0 spiro atoms. The zero-order valence-corrected chi connectivity index (χ0v) is 11.8. The minimum absolute atomic E-state index is 0.0888. The van der Waals surface area contributed by atoms with Crippen LogP contribution in [-0.2, 0) is 14.8 Å². The van der Waals surface area contributed by atoms with Crippen LogP contribution in [0.1, 0.15) is 0 Å². The Kier molecular flexibility index (Phi) is 4.23. The Hall–Kier alpha value is -2.41. The number of ether oxygens (including phenoxy) is 1. The highest BCUT2D eigenvalue weighted by molar-refractivity contribution is 7.90. The maximum atomic E-state index is 13.5. The molecule has 1 aliphatic carbocycles. The Morgan fingerprint density at radius 2 is 1.81 bits per heavy atom. The quantitative estimate of drug-likeness (QED) is 0.788. The largest absolute Gasteiger partial charge is 0.616 e. The molecule has 0 aliphatic heterocycles. The van der Waals surface area contributed by atoms with Crippen LogP contribution >= 0.6 is 0 Å². The molecule has 1 aromatic carbocycles. The van der Waals surface area contributed by atoms with Gasteiger partial charge in [-0.05, 0) is 37.0 Å². The van der Waals surface area contributed by atoms with Gasteiger partial charge in [0.05, 0.1) is 11.7 Å². The fourth-order valence-electron chi connectivity index (χ4n) is 1.62. The van der Waals surface area contributed by atoms with Crippen molar-refractivity contribution < 1.29 is 22.7 Å². The molecular weight excluding hydrogens is 297 g/mol. The lowest BCUT2D eigenvalue weighted by molar-refractivity contribution is -0.354. The molecule has 110 valence electrons. The van der Waals surface area contributed by atoms with Gasteiger partial charge in [-0.15, -0.1) is 0 Å². The second kappa shape index (κ2) is 5.92. The zero-order valence-electron chi connectivity index (χ0n) is 11.0. The number of hydrogen-bond donors (Lipinski definition) is 0. The summed E-state index contributed by atoms with van der Waals surface area (Å²) in [6.07, 6.45) is 5.43. The van der Waals surface area contributed by atoms with E-state index in [0.717, 1.165) is 12.1 Å². The highest BCUT2D eigenvalue weighted by Gasteiger charge is 2.18. The van der Waals surface area contributed by atoms with Crippen LogP contribution in [0.4, 0.5) is 4.39 Å². The number of benzene rings is 1. The van der Waals surface area contributed by atoms with Crippen LogP contribution < -0.4 is 5.11 Å². The van der Waals surface area contributed by atoms with Gasteiger partial charge < -0.3 is 9.84 Å². The summed E-state index contributed by atoms with van der Waals surface area (Å²) in [7, 11) is -2.91. The molecule has 0 atom stereocenters. The molecule has 0 N–H and O–H groups in total. The highest BCUT2D eigenvalue weighted by atomic mass is 32.2. The van der Waals surface area contributed by atoms with E-state index in [0.29, 0.717) is 0 Å². The smallest absolute Gasteiger partial charge is 0.285 e. The van der Waals surface area contributed by atoms with Crippen LogP contribution in [0.15, 0.2) is 69.4 Å². The van der Waals surface area contributed by atoms with Gasteiger partial charge in [0, 0.05) is 0 Å². The summed E-state index contributed by atoms with van der Waals surface area (Å²) in [5.41, 5.74) is 0.352. The van der Waals surface area contributed by atoms with Crippen LogP contribution in [-0.4, -0.2) is 21.2 Å². The predicted molar refractivity (Wildman–Crippen MR) is 73.3 cm³/mol. The molecular formula is C14H11FNO4S-. The Morgan fingerprint density at radius 3 is 2.38 bits per heavy atom. The maximum Gasteiger partial charge on any atom is 0.285 e. The van der Waals surface area contributed by atoms with Crippen molar-refractivity contribution in [3.05, 3.63) is 65.9 Å². The SMILES string of the molecule is COC([O-])=C1C=CC(=NS(=O)(=O)c2ccccc2F)C=C1. The summed E-state index contributed by atoms with van der Waals surface area (Å²) in [6, 6.07) is 4.98. The number of allylic oxidation sites excluding steroid dienone is 5. The molecule has 0 unspecified atom stereocenters. The molecule has 0 amide bonds. The van der Waals surface area contributed by atoms with Gasteiger partial charge in [-0.25, -0.2) is 4.39 Å². The van der Waals surface area contributed by atoms with Crippen molar-refractivity contribution in [2.75, 3.05) is 7.11 Å². The summed E-state index contributed by atoms with van der Waals surface area (Å²) in [5.74, 6) is -1.41. The molecule has 0 saturated carbocycles. The van der Waals surface area contributed by atoms with Gasteiger partial charge in [0.2, 0.25) is 0 Å². The number of methoxy groups -OCH3 is 1. The first-order chi connectivity index (χ1) is 9.94. The zero-order chi connectivity index (χ0) is 15.5. The van der Waals surface area contributed by atoms with E-state index in [2.05, 4.69) is 9.13 Å². The molecule has 0 bridgehead atoms. The molecule has 0 fully saturated rings. The summed E-state index contributed by atoms with van der Waals surface area (Å²) in [5, 5.41) is 11.3. The third-order valence-corrected chi connectivity index (χ3v) is 3.97. The third-order valence-electron chi connectivity index (χ3n) is 2.63. The Balaban J connectivity index is 2.35. The van der Waals surface area contributed by atoms with Crippen LogP contribution in [0.5, 0.6) is 0 Å². The van der Waals surface area contributed by atoms with E-state index >= 15 is 0 Å². The Labute approximate surface area is 121 Å². The van der Waals surface area contributed by atoms with Crippen molar-refractivity contribution in [3.63, 3.8) is 0 Å². The van der Waals surface area contributed by atoms with E-state index < -0.39 is 26.7 Å². The van der Waals surface area contributed by atoms with Crippen LogP contribution in [0, 0.1) is 5.82 Å². The van der Waals surface area contributed by atoms with Gasteiger partial charge in [-0.3, -0.25) is 0 Å². The maximum absolute atomic E-state index is 13.5. The summed E-state index contributed by atoms with van der Waals surface area (Å²) in [6.45, 7) is 0. The lowest BCUT2D eigenvalue weighted by Crippen LogP contribution is -2.10. The molecule has 0 radical (unpaired) electrons. The second-order valence-electron chi connectivity index (χ2n) is 4.04. The average molecular weight is 308 g/mol. The molecule has 1 aromatic rings. The fourth-order valence-corrected chi connectivity index (χ4v) is 2.68. The van der Waals surface area contributed by atoms with E-state index in [1.54, 1.807) is 0 Å². The van der Waals surface area contributed by atoms with Crippen molar-refractivity contribution in [1.29, 1.82) is 0 Å². The van der Waals surface area contributed by atoms with Gasteiger partial charge >= 0.3 is 0 Å². The summed E-state index contributed by atoms with van der Waals surface area (Å²) in [4.78, 5) is -0.498. The van der Waals surface area contributed by atoms with Gasteiger partial charge in [0.25, 0.3) is 10.0 Å². The lowest BCUT2D eigenvalue weighted by Gasteiger charge is -2.13. The molecule has 0 saturated heterocycles. The van der Waals surface area contributed by atoms with Gasteiger partial charge in [0.1, 0.15) is 10.7 Å². The molecule has 0 heterocycles. The number of hydrogen-bond acceptors (Lipinski definition) is 4. The first-order valence-electron chi connectivity index (χ1n) is 5.85. The van der Waals surface area contributed by atoms with Crippen molar-refractivity contribution in [2.45, 2.75) is 4.90 Å². The monoisotopic (exact) mass is 308 g/mol. The van der Waals surface area contributed by atoms with Crippen LogP contribution in [0.25, 0.3) is 0 Å². The first-order valence-corrected chi connectivity index (χ1v) is 7.29. The Bertz CT molecular complexity index is 758.